The van der Waals surface area contributed by atoms with Crippen LogP contribution < -0.4 is 11.1 Å². The number of thiazole rings is 1. The second-order valence-corrected chi connectivity index (χ2v) is 5.79. The van der Waals surface area contributed by atoms with Crippen LogP contribution >= 0.6 is 11.3 Å². The van der Waals surface area contributed by atoms with Gasteiger partial charge in [-0.1, -0.05) is 12.1 Å². The minimum Gasteiger partial charge on any atom is -0.374 e. The summed E-state index contributed by atoms with van der Waals surface area (Å²) < 4.78 is 5.55. The maximum absolute atomic E-state index is 12.1. The Kier molecular flexibility index (Phi) is 5.44. The highest BCUT2D eigenvalue weighted by Gasteiger charge is 2.10. The van der Waals surface area contributed by atoms with Crippen LogP contribution in [0.2, 0.25) is 0 Å². The highest BCUT2D eigenvalue weighted by atomic mass is 32.1. The molecule has 0 saturated heterocycles. The van der Waals surface area contributed by atoms with Crippen LogP contribution in [0.15, 0.2) is 29.6 Å². The predicted octanol–water partition coefficient (Wildman–Crippen LogP) is 2.78. The first kappa shape index (κ1) is 15.6. The number of ether oxygens (including phenoxy) is 1. The Balaban J connectivity index is 2.01. The maximum atomic E-state index is 12.1. The van der Waals surface area contributed by atoms with Gasteiger partial charge in [0, 0.05) is 17.6 Å². The van der Waals surface area contributed by atoms with E-state index in [-0.39, 0.29) is 12.0 Å². The molecule has 0 radical (unpaired) electrons. The molecule has 1 amide bonds. The van der Waals surface area contributed by atoms with Crippen LogP contribution in [0.5, 0.6) is 0 Å². The first-order valence-electron chi connectivity index (χ1n) is 6.75. The van der Waals surface area contributed by atoms with E-state index < -0.39 is 0 Å². The third kappa shape index (κ3) is 4.63. The molecule has 0 fully saturated rings. The van der Waals surface area contributed by atoms with Gasteiger partial charge in [-0.2, -0.15) is 0 Å². The Hall–Kier alpha value is -1.76. The van der Waals surface area contributed by atoms with Crippen molar-refractivity contribution in [1.29, 1.82) is 0 Å². The van der Waals surface area contributed by atoms with Crippen molar-refractivity contribution in [3.63, 3.8) is 0 Å². The number of benzene rings is 1. The smallest absolute Gasteiger partial charge is 0.275 e. The van der Waals surface area contributed by atoms with E-state index in [1.54, 1.807) is 5.38 Å². The standard InChI is InChI=1S/C15H19N3O2S/c1-10(2)20-8-11-4-3-5-12(6-11)17-15(19)13-9-21-14(7-16)18-13/h3-6,9-10H,7-8,16H2,1-2H3,(H,17,19). The Labute approximate surface area is 128 Å². The highest BCUT2D eigenvalue weighted by molar-refractivity contribution is 7.09. The van der Waals surface area contributed by atoms with Crippen molar-refractivity contribution >= 4 is 22.9 Å². The molecule has 5 nitrogen and oxygen atoms in total. The molecule has 0 saturated carbocycles. The molecule has 1 heterocycles. The number of rotatable bonds is 6. The van der Waals surface area contributed by atoms with E-state index in [1.807, 2.05) is 38.1 Å². The molecule has 0 unspecified atom stereocenters. The fourth-order valence-corrected chi connectivity index (χ4v) is 2.36. The van der Waals surface area contributed by atoms with Crippen molar-refractivity contribution in [3.8, 4) is 0 Å². The summed E-state index contributed by atoms with van der Waals surface area (Å²) in [7, 11) is 0. The molecule has 2 rings (SSSR count). The van der Waals surface area contributed by atoms with E-state index in [9.17, 15) is 4.79 Å². The first-order valence-corrected chi connectivity index (χ1v) is 7.63. The molecule has 0 atom stereocenters. The second kappa shape index (κ2) is 7.31. The molecular weight excluding hydrogens is 286 g/mol. The lowest BCUT2D eigenvalue weighted by atomic mass is 10.2. The molecule has 1 aromatic carbocycles. The van der Waals surface area contributed by atoms with Gasteiger partial charge in [0.1, 0.15) is 10.7 Å². The van der Waals surface area contributed by atoms with Gasteiger partial charge >= 0.3 is 0 Å². The minimum atomic E-state index is -0.229. The Morgan fingerprint density at radius 2 is 2.29 bits per heavy atom. The number of nitrogens with one attached hydrogen (secondary N) is 1. The number of carbonyl (C=O) groups excluding carboxylic acids is 1. The summed E-state index contributed by atoms with van der Waals surface area (Å²) in [5.41, 5.74) is 7.63. The lowest BCUT2D eigenvalue weighted by Crippen LogP contribution is -2.13. The normalized spacial score (nSPS) is 10.9. The summed E-state index contributed by atoms with van der Waals surface area (Å²) in [5, 5.41) is 5.29. The van der Waals surface area contributed by atoms with E-state index in [1.165, 1.54) is 11.3 Å². The molecule has 3 N–H and O–H groups in total. The number of aromatic nitrogens is 1. The zero-order valence-electron chi connectivity index (χ0n) is 12.1. The highest BCUT2D eigenvalue weighted by Crippen LogP contribution is 2.15. The van der Waals surface area contributed by atoms with Gasteiger partial charge < -0.3 is 15.8 Å². The van der Waals surface area contributed by atoms with Crippen LogP contribution in [0.25, 0.3) is 0 Å². The lowest BCUT2D eigenvalue weighted by molar-refractivity contribution is 0.0657. The zero-order chi connectivity index (χ0) is 15.2. The molecule has 0 aliphatic carbocycles. The SMILES string of the molecule is CC(C)OCc1cccc(NC(=O)c2csc(CN)n2)c1. The van der Waals surface area contributed by atoms with Gasteiger partial charge in [-0.25, -0.2) is 4.98 Å². The average Bonchev–Trinajstić information content (AvgIpc) is 2.94. The Bertz CT molecular complexity index is 610. The van der Waals surface area contributed by atoms with Crippen molar-refractivity contribution in [3.05, 3.63) is 45.9 Å². The molecule has 0 bridgehead atoms. The van der Waals surface area contributed by atoms with Crippen LogP contribution in [0.1, 0.15) is 34.9 Å². The van der Waals surface area contributed by atoms with E-state index in [0.29, 0.717) is 18.8 Å². The minimum absolute atomic E-state index is 0.174. The van der Waals surface area contributed by atoms with Crippen molar-refractivity contribution in [2.24, 2.45) is 5.73 Å². The number of nitrogens with two attached hydrogens (primary N) is 1. The molecule has 6 heteroatoms. The van der Waals surface area contributed by atoms with Crippen molar-refractivity contribution in [1.82, 2.24) is 4.98 Å². The van der Waals surface area contributed by atoms with Gasteiger partial charge in [0.2, 0.25) is 0 Å². The summed E-state index contributed by atoms with van der Waals surface area (Å²) in [4.78, 5) is 16.2. The van der Waals surface area contributed by atoms with Crippen LogP contribution in [0.4, 0.5) is 5.69 Å². The molecule has 0 spiro atoms. The molecule has 1 aromatic heterocycles. The molecule has 2 aromatic rings. The predicted molar refractivity (Wildman–Crippen MR) is 84.3 cm³/mol. The molecule has 112 valence electrons. The number of amides is 1. The third-order valence-electron chi connectivity index (χ3n) is 2.73. The van der Waals surface area contributed by atoms with Crippen LogP contribution in [0.3, 0.4) is 0 Å². The topological polar surface area (TPSA) is 77.2 Å². The number of hydrogen-bond donors (Lipinski definition) is 2. The number of hydrogen-bond acceptors (Lipinski definition) is 5. The summed E-state index contributed by atoms with van der Waals surface area (Å²) >= 11 is 1.39. The zero-order valence-corrected chi connectivity index (χ0v) is 12.9. The molecule has 0 aliphatic heterocycles. The quantitative estimate of drug-likeness (QED) is 0.860. The van der Waals surface area contributed by atoms with Gasteiger partial charge in [-0.15, -0.1) is 11.3 Å². The largest absolute Gasteiger partial charge is 0.374 e. The second-order valence-electron chi connectivity index (χ2n) is 4.84. The van der Waals surface area contributed by atoms with Crippen LogP contribution in [0, 0.1) is 0 Å². The van der Waals surface area contributed by atoms with Crippen molar-refractivity contribution in [2.75, 3.05) is 5.32 Å². The number of anilines is 1. The molecule has 0 aliphatic rings. The van der Waals surface area contributed by atoms with E-state index in [2.05, 4.69) is 10.3 Å². The van der Waals surface area contributed by atoms with Crippen LogP contribution in [-0.4, -0.2) is 17.0 Å². The van der Waals surface area contributed by atoms with E-state index in [0.717, 1.165) is 16.3 Å². The average molecular weight is 305 g/mol. The summed E-state index contributed by atoms with van der Waals surface area (Å²) in [6.07, 6.45) is 0.174. The van der Waals surface area contributed by atoms with Crippen molar-refractivity contribution in [2.45, 2.75) is 33.1 Å². The number of carbonyl (C=O) groups is 1. The fourth-order valence-electron chi connectivity index (χ4n) is 1.71. The fraction of sp³-hybridized carbons (Fsp3) is 0.333. The Morgan fingerprint density at radius 1 is 1.48 bits per heavy atom. The first-order chi connectivity index (χ1) is 10.1. The van der Waals surface area contributed by atoms with Gasteiger partial charge in [-0.3, -0.25) is 4.79 Å². The van der Waals surface area contributed by atoms with E-state index >= 15 is 0 Å². The van der Waals surface area contributed by atoms with Crippen molar-refractivity contribution < 1.29 is 9.53 Å². The van der Waals surface area contributed by atoms with Gasteiger partial charge in [0.05, 0.1) is 12.7 Å². The third-order valence-corrected chi connectivity index (χ3v) is 3.60. The monoisotopic (exact) mass is 305 g/mol. The van der Waals surface area contributed by atoms with Gasteiger partial charge in [-0.05, 0) is 31.5 Å². The summed E-state index contributed by atoms with van der Waals surface area (Å²) in [5.74, 6) is -0.229. The van der Waals surface area contributed by atoms with E-state index in [4.69, 9.17) is 10.5 Å². The lowest BCUT2D eigenvalue weighted by Gasteiger charge is -2.09. The van der Waals surface area contributed by atoms with Gasteiger partial charge in [0.25, 0.3) is 5.91 Å². The summed E-state index contributed by atoms with van der Waals surface area (Å²) in [6, 6.07) is 7.60. The van der Waals surface area contributed by atoms with Gasteiger partial charge in [0.15, 0.2) is 0 Å². The number of nitrogens with zero attached hydrogens (tertiary/aromatic N) is 1. The van der Waals surface area contributed by atoms with Crippen LogP contribution in [-0.2, 0) is 17.9 Å². The Morgan fingerprint density at radius 3 is 2.95 bits per heavy atom. The molecule has 21 heavy (non-hydrogen) atoms. The maximum Gasteiger partial charge on any atom is 0.275 e. The molecular formula is C15H19N3O2S. The summed E-state index contributed by atoms with van der Waals surface area (Å²) in [6.45, 7) is 4.85.